The first-order valence-electron chi connectivity index (χ1n) is 10.9. The molecule has 2 N–H and O–H groups in total. The third-order valence-corrected chi connectivity index (χ3v) is 6.86. The van der Waals surface area contributed by atoms with E-state index in [1.165, 1.54) is 6.08 Å². The number of nitrogens with one attached hydrogen (secondary N) is 2. The topological polar surface area (TPSA) is 113 Å². The molecule has 13 heteroatoms. The number of benzene rings is 2. The van der Waals surface area contributed by atoms with Crippen molar-refractivity contribution in [2.75, 3.05) is 11.3 Å². The lowest BCUT2D eigenvalue weighted by Crippen LogP contribution is -2.32. The van der Waals surface area contributed by atoms with Crippen LogP contribution in [0.25, 0.3) is 11.4 Å². The van der Waals surface area contributed by atoms with E-state index >= 15 is 0 Å². The highest BCUT2D eigenvalue weighted by atomic mass is 32.2. The lowest BCUT2D eigenvalue weighted by atomic mass is 10.1. The molecule has 0 fully saturated rings. The first kappa shape index (κ1) is 25.2. The van der Waals surface area contributed by atoms with Crippen LogP contribution in [0.15, 0.2) is 65.7 Å². The van der Waals surface area contributed by atoms with Crippen molar-refractivity contribution in [3.63, 3.8) is 0 Å². The minimum absolute atomic E-state index is 0.0663. The van der Waals surface area contributed by atoms with Gasteiger partial charge in [-0.3, -0.25) is 4.72 Å². The van der Waals surface area contributed by atoms with Crippen LogP contribution in [0.2, 0.25) is 0 Å². The standard InChI is InChI=1S/C23H23F3N6O3S/c1-15(2)32-11-3-4-19(13-32)36(33,34)29-20-10-9-18(23(24,25)26)12-21(20)35-14-16-5-7-17(8-6-16)22-27-30-31-28-22/h3-12,15,29H,13-14H2,1-2H3,(H,27,28,30,31). The smallest absolute Gasteiger partial charge is 0.416 e. The zero-order valence-corrected chi connectivity index (χ0v) is 20.1. The Labute approximate surface area is 205 Å². The fourth-order valence-electron chi connectivity index (χ4n) is 3.38. The maximum absolute atomic E-state index is 13.4. The normalized spacial score (nSPS) is 14.2. The average Bonchev–Trinajstić information content (AvgIpc) is 3.38. The van der Waals surface area contributed by atoms with Gasteiger partial charge in [0, 0.05) is 11.6 Å². The van der Waals surface area contributed by atoms with Gasteiger partial charge in [0.2, 0.25) is 5.82 Å². The Morgan fingerprint density at radius 1 is 1.17 bits per heavy atom. The van der Waals surface area contributed by atoms with E-state index in [1.54, 1.807) is 36.5 Å². The monoisotopic (exact) mass is 520 g/mol. The molecule has 0 radical (unpaired) electrons. The summed E-state index contributed by atoms with van der Waals surface area (Å²) >= 11 is 0. The summed E-state index contributed by atoms with van der Waals surface area (Å²) in [5, 5.41) is 13.6. The van der Waals surface area contributed by atoms with Crippen molar-refractivity contribution < 1.29 is 26.3 Å². The largest absolute Gasteiger partial charge is 0.487 e. The molecular formula is C23H23F3N6O3S. The molecule has 2 aromatic carbocycles. The second-order valence-corrected chi connectivity index (χ2v) is 10.0. The zero-order chi connectivity index (χ0) is 25.9. The number of allylic oxidation sites excluding steroid dienone is 2. The van der Waals surface area contributed by atoms with Crippen LogP contribution >= 0.6 is 0 Å². The molecule has 190 valence electrons. The molecule has 0 atom stereocenters. The van der Waals surface area contributed by atoms with Crippen molar-refractivity contribution in [1.82, 2.24) is 25.5 Å². The minimum Gasteiger partial charge on any atom is -0.487 e. The number of anilines is 1. The van der Waals surface area contributed by atoms with Crippen LogP contribution in [0.1, 0.15) is 25.0 Å². The lowest BCUT2D eigenvalue weighted by molar-refractivity contribution is -0.137. The summed E-state index contributed by atoms with van der Waals surface area (Å²) < 4.78 is 74.2. The molecule has 0 unspecified atom stereocenters. The number of alkyl halides is 3. The number of sulfonamides is 1. The SMILES string of the molecule is CC(C)N1C=CC=C(S(=O)(=O)Nc2ccc(C(F)(F)F)cc2OCc2ccc(-c3nn[nH]n3)cc2)C1. The van der Waals surface area contributed by atoms with Gasteiger partial charge in [-0.2, -0.15) is 18.4 Å². The van der Waals surface area contributed by atoms with E-state index in [1.807, 2.05) is 18.7 Å². The molecule has 0 saturated heterocycles. The van der Waals surface area contributed by atoms with Crippen LogP contribution < -0.4 is 9.46 Å². The molecule has 9 nitrogen and oxygen atoms in total. The van der Waals surface area contributed by atoms with Crippen LogP contribution in [-0.2, 0) is 22.8 Å². The second kappa shape index (κ2) is 10.0. The number of tetrazole rings is 1. The molecular weight excluding hydrogens is 497 g/mol. The van der Waals surface area contributed by atoms with Gasteiger partial charge in [-0.15, -0.1) is 10.2 Å². The summed E-state index contributed by atoms with van der Waals surface area (Å²) in [5.41, 5.74) is 0.267. The molecule has 0 saturated carbocycles. The molecule has 2 heterocycles. The van der Waals surface area contributed by atoms with Gasteiger partial charge in [0.25, 0.3) is 10.0 Å². The molecule has 0 bridgehead atoms. The lowest BCUT2D eigenvalue weighted by Gasteiger charge is -2.28. The molecule has 1 aliphatic heterocycles. The first-order chi connectivity index (χ1) is 17.0. The molecule has 1 aliphatic rings. The van der Waals surface area contributed by atoms with Gasteiger partial charge in [0.1, 0.15) is 12.4 Å². The van der Waals surface area contributed by atoms with Crippen molar-refractivity contribution in [1.29, 1.82) is 0 Å². The summed E-state index contributed by atoms with van der Waals surface area (Å²) in [5.74, 6) is 0.142. The van der Waals surface area contributed by atoms with Crippen LogP contribution in [-0.4, -0.2) is 46.5 Å². The van der Waals surface area contributed by atoms with Gasteiger partial charge >= 0.3 is 6.18 Å². The van der Waals surface area contributed by atoms with Crippen molar-refractivity contribution in [3.05, 3.63) is 76.8 Å². The Bertz CT molecular complexity index is 1370. The predicted octanol–water partition coefficient (Wildman–Crippen LogP) is 4.33. The van der Waals surface area contributed by atoms with Crippen molar-refractivity contribution in [3.8, 4) is 17.1 Å². The quantitative estimate of drug-likeness (QED) is 0.455. The summed E-state index contributed by atoms with van der Waals surface area (Å²) in [7, 11) is -4.05. The molecule has 3 aromatic rings. The fraction of sp³-hybridized carbons (Fsp3) is 0.261. The number of rotatable bonds is 8. The summed E-state index contributed by atoms with van der Waals surface area (Å²) in [6.07, 6.45) is 0.216. The zero-order valence-electron chi connectivity index (χ0n) is 19.3. The van der Waals surface area contributed by atoms with Crippen molar-refractivity contribution in [2.24, 2.45) is 0 Å². The van der Waals surface area contributed by atoms with Crippen molar-refractivity contribution >= 4 is 15.7 Å². The Morgan fingerprint density at radius 2 is 1.92 bits per heavy atom. The first-order valence-corrected chi connectivity index (χ1v) is 12.3. The van der Waals surface area contributed by atoms with Gasteiger partial charge in [-0.05, 0) is 61.2 Å². The molecule has 1 aromatic heterocycles. The highest BCUT2D eigenvalue weighted by Gasteiger charge is 2.32. The van der Waals surface area contributed by atoms with E-state index in [2.05, 4.69) is 25.3 Å². The highest BCUT2D eigenvalue weighted by Crippen LogP contribution is 2.36. The summed E-state index contributed by atoms with van der Waals surface area (Å²) in [6.45, 7) is 3.87. The Hall–Kier alpha value is -3.87. The van der Waals surface area contributed by atoms with Gasteiger partial charge in [0.05, 0.1) is 22.7 Å². The van der Waals surface area contributed by atoms with E-state index in [9.17, 15) is 21.6 Å². The number of H-pyrrole nitrogens is 1. The number of hydrogen-bond acceptors (Lipinski definition) is 7. The van der Waals surface area contributed by atoms with Gasteiger partial charge in [-0.1, -0.05) is 24.3 Å². The van der Waals surface area contributed by atoms with Gasteiger partial charge in [-0.25, -0.2) is 8.42 Å². The van der Waals surface area contributed by atoms with Crippen molar-refractivity contribution in [2.45, 2.75) is 32.7 Å². The number of aromatic nitrogens is 4. The maximum atomic E-state index is 13.4. The molecule has 0 amide bonds. The molecule has 0 spiro atoms. The van der Waals surface area contributed by atoms with E-state index < -0.39 is 21.8 Å². The maximum Gasteiger partial charge on any atom is 0.416 e. The fourth-order valence-corrected chi connectivity index (χ4v) is 4.55. The minimum atomic E-state index is -4.63. The Balaban J connectivity index is 1.56. The Morgan fingerprint density at radius 3 is 2.56 bits per heavy atom. The van der Waals surface area contributed by atoms with Crippen LogP contribution in [0.4, 0.5) is 18.9 Å². The van der Waals surface area contributed by atoms with E-state index in [0.717, 1.165) is 18.2 Å². The number of halogens is 3. The third kappa shape index (κ3) is 5.85. The van der Waals surface area contributed by atoms with E-state index in [4.69, 9.17) is 4.74 Å². The molecule has 4 rings (SSSR count). The summed E-state index contributed by atoms with van der Waals surface area (Å²) in [6, 6.07) is 9.52. The third-order valence-electron chi connectivity index (χ3n) is 5.41. The van der Waals surface area contributed by atoms with E-state index in [-0.39, 0.29) is 35.5 Å². The number of hydrogen-bond donors (Lipinski definition) is 2. The predicted molar refractivity (Wildman–Crippen MR) is 127 cm³/mol. The second-order valence-electron chi connectivity index (χ2n) is 8.28. The van der Waals surface area contributed by atoms with Crippen LogP contribution in [0.5, 0.6) is 5.75 Å². The highest BCUT2D eigenvalue weighted by molar-refractivity contribution is 7.96. The Kier molecular flexibility index (Phi) is 7.02. The molecule has 0 aliphatic carbocycles. The van der Waals surface area contributed by atoms with Crippen LogP contribution in [0.3, 0.4) is 0 Å². The van der Waals surface area contributed by atoms with Gasteiger partial charge < -0.3 is 9.64 Å². The van der Waals surface area contributed by atoms with Gasteiger partial charge in [0.15, 0.2) is 0 Å². The van der Waals surface area contributed by atoms with E-state index in [0.29, 0.717) is 17.0 Å². The molecule has 36 heavy (non-hydrogen) atoms. The number of ether oxygens (including phenoxy) is 1. The average molecular weight is 521 g/mol. The number of aromatic amines is 1. The van der Waals surface area contributed by atoms with Crippen LogP contribution in [0, 0.1) is 0 Å². The number of nitrogens with zero attached hydrogens (tertiary/aromatic N) is 4. The summed E-state index contributed by atoms with van der Waals surface area (Å²) in [4.78, 5) is 1.92.